The average Bonchev–Trinajstić information content (AvgIpc) is 3.00. The van der Waals surface area contributed by atoms with Gasteiger partial charge in [0.15, 0.2) is 0 Å². The number of anilines is 1. The van der Waals surface area contributed by atoms with Crippen molar-refractivity contribution in [3.05, 3.63) is 45.9 Å². The number of hydrogen-bond donors (Lipinski definition) is 1. The zero-order chi connectivity index (χ0) is 17.9. The third kappa shape index (κ3) is 4.55. The first-order chi connectivity index (χ1) is 11.2. The zero-order valence-electron chi connectivity index (χ0n) is 14.1. The van der Waals surface area contributed by atoms with Gasteiger partial charge in [-0.2, -0.15) is 0 Å². The molecule has 0 aliphatic rings. The van der Waals surface area contributed by atoms with Gasteiger partial charge in [0.25, 0.3) is 5.91 Å². The van der Waals surface area contributed by atoms with Gasteiger partial charge in [0.2, 0.25) is 10.0 Å². The lowest BCUT2D eigenvalue weighted by Gasteiger charge is -2.16. The summed E-state index contributed by atoms with van der Waals surface area (Å²) in [4.78, 5) is 16.6. The largest absolute Gasteiger partial charge is 0.346 e. The Morgan fingerprint density at radius 3 is 2.42 bits per heavy atom. The van der Waals surface area contributed by atoms with Crippen molar-refractivity contribution in [3.63, 3.8) is 0 Å². The first-order valence-corrected chi connectivity index (χ1v) is 10.2. The molecule has 1 amide bonds. The van der Waals surface area contributed by atoms with Crippen LogP contribution in [0.5, 0.6) is 0 Å². The van der Waals surface area contributed by atoms with Gasteiger partial charge in [-0.1, -0.05) is 13.8 Å². The molecule has 1 aromatic carbocycles. The van der Waals surface area contributed by atoms with Gasteiger partial charge in [-0.3, -0.25) is 9.10 Å². The maximum Gasteiger partial charge on any atom is 0.251 e. The molecule has 2 rings (SSSR count). The first kappa shape index (κ1) is 18.4. The van der Waals surface area contributed by atoms with E-state index in [0.29, 0.717) is 23.7 Å². The van der Waals surface area contributed by atoms with E-state index in [1.807, 2.05) is 5.38 Å². The summed E-state index contributed by atoms with van der Waals surface area (Å²) in [5.74, 6) is 0.154. The van der Waals surface area contributed by atoms with Gasteiger partial charge in [-0.25, -0.2) is 13.4 Å². The highest BCUT2D eigenvalue weighted by Crippen LogP contribution is 2.19. The molecule has 0 atom stereocenters. The number of rotatable bonds is 6. The van der Waals surface area contributed by atoms with Crippen LogP contribution in [0.3, 0.4) is 0 Å². The fraction of sp³-hybridized carbons (Fsp3) is 0.375. The van der Waals surface area contributed by atoms with Gasteiger partial charge in [0.1, 0.15) is 0 Å². The third-order valence-corrected chi connectivity index (χ3v) is 5.88. The Morgan fingerprint density at radius 2 is 1.92 bits per heavy atom. The predicted molar refractivity (Wildman–Crippen MR) is 97.1 cm³/mol. The van der Waals surface area contributed by atoms with Crippen LogP contribution < -0.4 is 9.62 Å². The number of hydrogen-bond acceptors (Lipinski definition) is 5. The minimum atomic E-state index is -3.31. The number of thiazole rings is 1. The van der Waals surface area contributed by atoms with Crippen molar-refractivity contribution < 1.29 is 13.2 Å². The maximum absolute atomic E-state index is 12.2. The highest BCUT2D eigenvalue weighted by atomic mass is 32.2. The second-order valence-electron chi connectivity index (χ2n) is 5.79. The average molecular weight is 367 g/mol. The van der Waals surface area contributed by atoms with E-state index < -0.39 is 10.0 Å². The zero-order valence-corrected chi connectivity index (χ0v) is 15.7. The number of carbonyl (C=O) groups excluding carboxylic acids is 1. The standard InChI is InChI=1S/C16H21N3O3S2/c1-11(2)16-18-13(10-23-16)9-17-15(20)12-5-7-14(8-6-12)19(3)24(4,21)22/h5-8,10-11H,9H2,1-4H3,(H,17,20). The third-order valence-electron chi connectivity index (χ3n) is 3.48. The van der Waals surface area contributed by atoms with Crippen LogP contribution in [0.15, 0.2) is 29.6 Å². The molecule has 1 aromatic heterocycles. The van der Waals surface area contributed by atoms with Crippen LogP contribution in [-0.4, -0.2) is 32.6 Å². The Hall–Kier alpha value is -1.93. The first-order valence-electron chi connectivity index (χ1n) is 7.45. The lowest BCUT2D eigenvalue weighted by atomic mass is 10.2. The van der Waals surface area contributed by atoms with E-state index in [0.717, 1.165) is 21.3 Å². The molecule has 8 heteroatoms. The van der Waals surface area contributed by atoms with Gasteiger partial charge in [-0.05, 0) is 24.3 Å². The van der Waals surface area contributed by atoms with Crippen molar-refractivity contribution >= 4 is 33.0 Å². The van der Waals surface area contributed by atoms with Gasteiger partial charge in [0, 0.05) is 23.9 Å². The van der Waals surface area contributed by atoms with E-state index >= 15 is 0 Å². The molecule has 6 nitrogen and oxygen atoms in total. The smallest absolute Gasteiger partial charge is 0.251 e. The predicted octanol–water partition coefficient (Wildman–Crippen LogP) is 2.59. The van der Waals surface area contributed by atoms with Gasteiger partial charge < -0.3 is 5.32 Å². The Kier molecular flexibility index (Phi) is 5.61. The molecule has 24 heavy (non-hydrogen) atoms. The Labute approximate surface area is 146 Å². The van der Waals surface area contributed by atoms with Crippen molar-refractivity contribution in [2.45, 2.75) is 26.3 Å². The summed E-state index contributed by atoms with van der Waals surface area (Å²) < 4.78 is 24.2. The van der Waals surface area contributed by atoms with Crippen molar-refractivity contribution in [1.29, 1.82) is 0 Å². The molecule has 0 saturated carbocycles. The molecule has 130 valence electrons. The van der Waals surface area contributed by atoms with Crippen LogP contribution in [0.25, 0.3) is 0 Å². The molecular formula is C16H21N3O3S2. The van der Waals surface area contributed by atoms with Crippen LogP contribution in [0.4, 0.5) is 5.69 Å². The Morgan fingerprint density at radius 1 is 1.29 bits per heavy atom. The van der Waals surface area contributed by atoms with Crippen molar-refractivity contribution in [1.82, 2.24) is 10.3 Å². The second-order valence-corrected chi connectivity index (χ2v) is 8.70. The topological polar surface area (TPSA) is 79.4 Å². The van der Waals surface area contributed by atoms with E-state index in [1.165, 1.54) is 7.05 Å². The molecular weight excluding hydrogens is 346 g/mol. The highest BCUT2D eigenvalue weighted by Gasteiger charge is 2.13. The number of sulfonamides is 1. The van der Waals surface area contributed by atoms with Gasteiger partial charge >= 0.3 is 0 Å². The summed E-state index contributed by atoms with van der Waals surface area (Å²) in [5, 5.41) is 5.81. The summed E-state index contributed by atoms with van der Waals surface area (Å²) >= 11 is 1.59. The number of benzene rings is 1. The summed E-state index contributed by atoms with van der Waals surface area (Å²) in [7, 11) is -1.84. The lowest BCUT2D eigenvalue weighted by Crippen LogP contribution is -2.25. The van der Waals surface area contributed by atoms with Gasteiger partial charge in [0.05, 0.1) is 29.2 Å². The normalized spacial score (nSPS) is 11.5. The maximum atomic E-state index is 12.2. The summed E-state index contributed by atoms with van der Waals surface area (Å²) in [6.07, 6.45) is 1.13. The van der Waals surface area contributed by atoms with E-state index in [9.17, 15) is 13.2 Å². The fourth-order valence-electron chi connectivity index (χ4n) is 1.96. The number of carbonyl (C=O) groups is 1. The SMILES string of the molecule is CC(C)c1nc(CNC(=O)c2ccc(N(C)S(C)(=O)=O)cc2)cs1. The van der Waals surface area contributed by atoms with E-state index in [2.05, 4.69) is 24.1 Å². The molecule has 0 saturated heterocycles. The van der Waals surface area contributed by atoms with Gasteiger partial charge in [-0.15, -0.1) is 11.3 Å². The number of amides is 1. The minimum absolute atomic E-state index is 0.220. The van der Waals surface area contributed by atoms with Crippen molar-refractivity contribution in [2.24, 2.45) is 0 Å². The molecule has 0 spiro atoms. The number of nitrogens with one attached hydrogen (secondary N) is 1. The van der Waals surface area contributed by atoms with Crippen LogP contribution in [0.1, 0.15) is 40.8 Å². The van der Waals surface area contributed by atoms with Crippen LogP contribution in [-0.2, 0) is 16.6 Å². The van der Waals surface area contributed by atoms with Crippen LogP contribution in [0, 0.1) is 0 Å². The Balaban J connectivity index is 1.99. The molecule has 1 N–H and O–H groups in total. The van der Waals surface area contributed by atoms with Crippen molar-refractivity contribution in [2.75, 3.05) is 17.6 Å². The molecule has 1 heterocycles. The number of aromatic nitrogens is 1. The molecule has 2 aromatic rings. The second kappa shape index (κ2) is 7.31. The molecule has 0 bridgehead atoms. The van der Waals surface area contributed by atoms with E-state index in [4.69, 9.17) is 0 Å². The van der Waals surface area contributed by atoms with E-state index in [1.54, 1.807) is 35.6 Å². The summed E-state index contributed by atoms with van der Waals surface area (Å²) in [6.45, 7) is 4.53. The highest BCUT2D eigenvalue weighted by molar-refractivity contribution is 7.92. The minimum Gasteiger partial charge on any atom is -0.346 e. The fourth-order valence-corrected chi connectivity index (χ4v) is 3.30. The molecule has 0 unspecified atom stereocenters. The quantitative estimate of drug-likeness (QED) is 0.851. The number of nitrogens with zero attached hydrogens (tertiary/aromatic N) is 2. The summed E-state index contributed by atoms with van der Waals surface area (Å²) in [5.41, 5.74) is 1.82. The molecule has 0 radical (unpaired) electrons. The molecule has 0 aliphatic heterocycles. The molecule has 0 aliphatic carbocycles. The van der Waals surface area contributed by atoms with Crippen LogP contribution in [0.2, 0.25) is 0 Å². The van der Waals surface area contributed by atoms with Crippen LogP contribution >= 0.6 is 11.3 Å². The monoisotopic (exact) mass is 367 g/mol. The Bertz CT molecular complexity index is 811. The molecule has 0 fully saturated rings. The van der Waals surface area contributed by atoms with E-state index in [-0.39, 0.29) is 5.91 Å². The summed E-state index contributed by atoms with van der Waals surface area (Å²) in [6, 6.07) is 6.42. The van der Waals surface area contributed by atoms with Crippen molar-refractivity contribution in [3.8, 4) is 0 Å². The lowest BCUT2D eigenvalue weighted by molar-refractivity contribution is 0.0950.